The van der Waals surface area contributed by atoms with Crippen LogP contribution >= 0.6 is 0 Å². The van der Waals surface area contributed by atoms with E-state index in [1.807, 2.05) is 38.1 Å². The number of aliphatic carboxylic acids is 1. The number of benzene rings is 2. The van der Waals surface area contributed by atoms with Gasteiger partial charge in [-0.15, -0.1) is 0 Å². The van der Waals surface area contributed by atoms with E-state index in [9.17, 15) is 19.5 Å². The Labute approximate surface area is 200 Å². The van der Waals surface area contributed by atoms with Crippen LogP contribution in [0.15, 0.2) is 48.5 Å². The van der Waals surface area contributed by atoms with Crippen molar-refractivity contribution in [2.75, 3.05) is 6.61 Å². The first-order valence-corrected chi connectivity index (χ1v) is 11.8. The van der Waals surface area contributed by atoms with Gasteiger partial charge in [0.2, 0.25) is 5.91 Å². The number of hydrogen-bond acceptors (Lipinski definition) is 4. The third kappa shape index (κ3) is 5.95. The van der Waals surface area contributed by atoms with E-state index in [4.69, 9.17) is 4.74 Å². The molecule has 3 N–H and O–H groups in total. The maximum atomic E-state index is 12.6. The molecule has 7 heteroatoms. The Kier molecular flexibility index (Phi) is 8.31. The zero-order valence-corrected chi connectivity index (χ0v) is 20.2. The molecule has 2 amide bonds. The topological polar surface area (TPSA) is 105 Å². The largest absolute Gasteiger partial charge is 0.480 e. The fraction of sp³-hybridized carbons (Fsp3) is 0.444. The summed E-state index contributed by atoms with van der Waals surface area (Å²) in [5.74, 6) is -1.81. The molecule has 1 aliphatic carbocycles. The van der Waals surface area contributed by atoms with E-state index in [1.165, 1.54) is 0 Å². The van der Waals surface area contributed by atoms with Gasteiger partial charge < -0.3 is 20.5 Å². The molecule has 0 saturated heterocycles. The summed E-state index contributed by atoms with van der Waals surface area (Å²) < 4.78 is 5.55. The number of nitrogens with one attached hydrogen (secondary N) is 2. The number of rotatable bonds is 10. The molecule has 182 valence electrons. The summed E-state index contributed by atoms with van der Waals surface area (Å²) in [6.45, 7) is 7.55. The first-order chi connectivity index (χ1) is 16.2. The summed E-state index contributed by atoms with van der Waals surface area (Å²) in [7, 11) is 0. The van der Waals surface area contributed by atoms with Crippen molar-refractivity contribution in [2.24, 2.45) is 11.8 Å². The highest BCUT2D eigenvalue weighted by atomic mass is 16.5. The standard InChI is InChI=1S/C27H34N2O5/c1-16(2)13-14-24(26(31)32)29-25(30)17(3)18(4)28-27(33)34-15-23-21-11-7-5-9-19(21)20-10-6-8-12-22(20)23/h5-12,16-18,23-24H,13-15H2,1-4H3,(H,28,33)(H,29,30)(H,31,32). The van der Waals surface area contributed by atoms with Crippen LogP contribution in [0.25, 0.3) is 11.1 Å². The first kappa shape index (κ1) is 25.3. The minimum atomic E-state index is -1.06. The summed E-state index contributed by atoms with van der Waals surface area (Å²) in [5, 5.41) is 14.7. The van der Waals surface area contributed by atoms with Gasteiger partial charge in [0.15, 0.2) is 0 Å². The third-order valence-corrected chi connectivity index (χ3v) is 6.50. The van der Waals surface area contributed by atoms with Crippen LogP contribution in [0.3, 0.4) is 0 Å². The monoisotopic (exact) mass is 466 g/mol. The Bertz CT molecular complexity index is 990. The van der Waals surface area contributed by atoms with Crippen LogP contribution in [0.4, 0.5) is 4.79 Å². The van der Waals surface area contributed by atoms with Crippen LogP contribution in [-0.2, 0) is 14.3 Å². The normalized spacial score (nSPS) is 15.1. The number of carbonyl (C=O) groups is 3. The lowest BCUT2D eigenvalue weighted by Crippen LogP contribution is -2.49. The van der Waals surface area contributed by atoms with Crippen molar-refractivity contribution < 1.29 is 24.2 Å². The molecule has 0 aliphatic heterocycles. The molecule has 0 aromatic heterocycles. The number of ether oxygens (including phenoxy) is 1. The van der Waals surface area contributed by atoms with Crippen LogP contribution in [0.5, 0.6) is 0 Å². The fourth-order valence-corrected chi connectivity index (χ4v) is 4.24. The van der Waals surface area contributed by atoms with Gasteiger partial charge >= 0.3 is 12.1 Å². The van der Waals surface area contributed by atoms with Gasteiger partial charge in [0.25, 0.3) is 0 Å². The van der Waals surface area contributed by atoms with Gasteiger partial charge in [0.1, 0.15) is 12.6 Å². The van der Waals surface area contributed by atoms with Gasteiger partial charge in [-0.3, -0.25) is 4.79 Å². The smallest absolute Gasteiger partial charge is 0.407 e. The predicted octanol–water partition coefficient (Wildman–Crippen LogP) is 4.56. The number of carboxylic acids is 1. The molecule has 2 aromatic carbocycles. The molecule has 0 saturated carbocycles. The third-order valence-electron chi connectivity index (χ3n) is 6.50. The number of alkyl carbamates (subject to hydrolysis) is 1. The van der Waals surface area contributed by atoms with Crippen LogP contribution in [0.1, 0.15) is 57.6 Å². The molecular formula is C27H34N2O5. The van der Waals surface area contributed by atoms with Crippen LogP contribution in [0.2, 0.25) is 0 Å². The molecule has 3 unspecified atom stereocenters. The fourth-order valence-electron chi connectivity index (χ4n) is 4.24. The number of amides is 2. The van der Waals surface area contributed by atoms with E-state index in [0.29, 0.717) is 18.8 Å². The summed E-state index contributed by atoms with van der Waals surface area (Å²) in [5.41, 5.74) is 4.55. The quantitative estimate of drug-likeness (QED) is 0.476. The van der Waals surface area contributed by atoms with Crippen molar-refractivity contribution in [1.29, 1.82) is 0 Å². The Hall–Kier alpha value is -3.35. The highest BCUT2D eigenvalue weighted by Crippen LogP contribution is 2.44. The number of carbonyl (C=O) groups excluding carboxylic acids is 2. The summed E-state index contributed by atoms with van der Waals surface area (Å²) in [6.07, 6.45) is 0.447. The van der Waals surface area contributed by atoms with Gasteiger partial charge in [-0.25, -0.2) is 9.59 Å². The second-order valence-corrected chi connectivity index (χ2v) is 9.42. The Morgan fingerprint density at radius 1 is 0.882 bits per heavy atom. The number of fused-ring (bicyclic) bond motifs is 3. The SMILES string of the molecule is CC(C)CCC(NC(=O)C(C)C(C)NC(=O)OCC1c2ccccc2-c2ccccc21)C(=O)O. The zero-order chi connectivity index (χ0) is 24.8. The molecule has 2 aromatic rings. The van der Waals surface area contributed by atoms with Gasteiger partial charge in [-0.1, -0.05) is 69.3 Å². The molecule has 0 fully saturated rings. The van der Waals surface area contributed by atoms with E-state index in [2.05, 4.69) is 34.9 Å². The lowest BCUT2D eigenvalue weighted by atomic mass is 9.98. The lowest BCUT2D eigenvalue weighted by molar-refractivity contribution is -0.142. The highest BCUT2D eigenvalue weighted by Gasteiger charge is 2.30. The van der Waals surface area contributed by atoms with Crippen molar-refractivity contribution in [3.8, 4) is 11.1 Å². The maximum absolute atomic E-state index is 12.6. The molecule has 3 atom stereocenters. The van der Waals surface area contributed by atoms with Gasteiger partial charge in [0, 0.05) is 12.0 Å². The van der Waals surface area contributed by atoms with E-state index >= 15 is 0 Å². The maximum Gasteiger partial charge on any atom is 0.407 e. The molecule has 0 spiro atoms. The second-order valence-electron chi connectivity index (χ2n) is 9.42. The molecule has 0 bridgehead atoms. The predicted molar refractivity (Wildman–Crippen MR) is 130 cm³/mol. The molecule has 1 aliphatic rings. The summed E-state index contributed by atoms with van der Waals surface area (Å²) in [6, 6.07) is 14.7. The average molecular weight is 467 g/mol. The molecular weight excluding hydrogens is 432 g/mol. The molecule has 3 rings (SSSR count). The molecule has 0 radical (unpaired) electrons. The van der Waals surface area contributed by atoms with Gasteiger partial charge in [-0.05, 0) is 47.9 Å². The Balaban J connectivity index is 1.55. The lowest BCUT2D eigenvalue weighted by Gasteiger charge is -2.23. The van der Waals surface area contributed by atoms with Crippen LogP contribution < -0.4 is 10.6 Å². The minimum absolute atomic E-state index is 0.0496. The second kappa shape index (κ2) is 11.2. The molecule has 34 heavy (non-hydrogen) atoms. The van der Waals surface area contributed by atoms with Crippen molar-refractivity contribution in [3.63, 3.8) is 0 Å². The van der Waals surface area contributed by atoms with Crippen molar-refractivity contribution in [3.05, 3.63) is 59.7 Å². The molecule has 0 heterocycles. The number of carboxylic acid groups (broad SMARTS) is 1. The zero-order valence-electron chi connectivity index (χ0n) is 20.2. The Morgan fingerprint density at radius 2 is 1.44 bits per heavy atom. The van der Waals surface area contributed by atoms with Crippen molar-refractivity contribution in [2.45, 2.75) is 58.5 Å². The summed E-state index contributed by atoms with van der Waals surface area (Å²) >= 11 is 0. The van der Waals surface area contributed by atoms with E-state index in [0.717, 1.165) is 22.3 Å². The minimum Gasteiger partial charge on any atom is -0.480 e. The first-order valence-electron chi connectivity index (χ1n) is 11.8. The molecule has 7 nitrogen and oxygen atoms in total. The van der Waals surface area contributed by atoms with Crippen LogP contribution in [-0.4, -0.2) is 41.8 Å². The highest BCUT2D eigenvalue weighted by molar-refractivity contribution is 5.85. The summed E-state index contributed by atoms with van der Waals surface area (Å²) in [4.78, 5) is 36.6. The van der Waals surface area contributed by atoms with Gasteiger partial charge in [-0.2, -0.15) is 0 Å². The van der Waals surface area contributed by atoms with E-state index in [1.54, 1.807) is 13.8 Å². The van der Waals surface area contributed by atoms with E-state index in [-0.39, 0.29) is 12.5 Å². The Morgan fingerprint density at radius 3 is 1.97 bits per heavy atom. The average Bonchev–Trinajstić information content (AvgIpc) is 3.13. The van der Waals surface area contributed by atoms with E-state index < -0.39 is 36.0 Å². The van der Waals surface area contributed by atoms with Crippen molar-refractivity contribution in [1.82, 2.24) is 10.6 Å². The van der Waals surface area contributed by atoms with Crippen molar-refractivity contribution >= 4 is 18.0 Å². The van der Waals surface area contributed by atoms with Gasteiger partial charge in [0.05, 0.1) is 5.92 Å². The van der Waals surface area contributed by atoms with Crippen LogP contribution in [0, 0.1) is 11.8 Å². The number of hydrogen-bond donors (Lipinski definition) is 3.